The number of rotatable bonds is 1. The lowest BCUT2D eigenvalue weighted by Crippen LogP contribution is -1.81. The van der Waals surface area contributed by atoms with Gasteiger partial charge in [0.25, 0.3) is 0 Å². The topological polar surface area (TPSA) is 28.7 Å². The number of aryl methyl sites for hydroxylation is 2. The second-order valence-corrected chi connectivity index (χ2v) is 3.71. The van der Waals surface area contributed by atoms with E-state index in [4.69, 9.17) is 0 Å². The highest BCUT2D eigenvalue weighted by atomic mass is 14.9. The summed E-state index contributed by atoms with van der Waals surface area (Å²) in [5.74, 6) is 7.15. The van der Waals surface area contributed by atoms with E-state index in [-0.39, 0.29) is 0 Å². The fourth-order valence-electron chi connectivity index (χ4n) is 1.38. The van der Waals surface area contributed by atoms with Gasteiger partial charge in [0.15, 0.2) is 0 Å². The SMILES string of the molecule is CCc1ncc(C#Cc2ccc(C)cc2)[nH]1. The summed E-state index contributed by atoms with van der Waals surface area (Å²) < 4.78 is 0. The third kappa shape index (κ3) is 2.52. The van der Waals surface area contributed by atoms with Crippen LogP contribution < -0.4 is 0 Å². The third-order valence-electron chi connectivity index (χ3n) is 2.36. The second kappa shape index (κ2) is 4.67. The fraction of sp³-hybridized carbons (Fsp3) is 0.214. The summed E-state index contributed by atoms with van der Waals surface area (Å²) in [5, 5.41) is 0. The summed E-state index contributed by atoms with van der Waals surface area (Å²) >= 11 is 0. The number of nitrogens with zero attached hydrogens (tertiary/aromatic N) is 1. The summed E-state index contributed by atoms with van der Waals surface area (Å²) in [4.78, 5) is 7.36. The molecule has 0 aliphatic rings. The van der Waals surface area contributed by atoms with Crippen molar-refractivity contribution >= 4 is 0 Å². The Hall–Kier alpha value is -2.01. The summed E-state index contributed by atoms with van der Waals surface area (Å²) in [6.45, 7) is 4.13. The van der Waals surface area contributed by atoms with Gasteiger partial charge in [-0.15, -0.1) is 0 Å². The molecule has 16 heavy (non-hydrogen) atoms. The normalized spacial score (nSPS) is 9.62. The molecule has 2 rings (SSSR count). The summed E-state index contributed by atoms with van der Waals surface area (Å²) in [6, 6.07) is 8.18. The van der Waals surface area contributed by atoms with Gasteiger partial charge in [0.05, 0.1) is 6.20 Å². The van der Waals surface area contributed by atoms with E-state index in [0.29, 0.717) is 0 Å². The maximum absolute atomic E-state index is 4.20. The molecule has 1 aromatic heterocycles. The minimum atomic E-state index is 0.873. The first-order chi connectivity index (χ1) is 7.78. The van der Waals surface area contributed by atoms with Gasteiger partial charge in [0.1, 0.15) is 11.5 Å². The van der Waals surface area contributed by atoms with Gasteiger partial charge in [-0.25, -0.2) is 4.98 Å². The lowest BCUT2D eigenvalue weighted by molar-refractivity contribution is 0.987. The van der Waals surface area contributed by atoms with E-state index in [1.54, 1.807) is 6.20 Å². The average molecular weight is 210 g/mol. The minimum absolute atomic E-state index is 0.873. The fourth-order valence-corrected chi connectivity index (χ4v) is 1.38. The Kier molecular flexibility index (Phi) is 3.07. The number of H-pyrrole nitrogens is 1. The van der Waals surface area contributed by atoms with E-state index in [2.05, 4.69) is 47.8 Å². The molecule has 0 saturated carbocycles. The summed E-state index contributed by atoms with van der Waals surface area (Å²) in [5.41, 5.74) is 3.15. The smallest absolute Gasteiger partial charge is 0.110 e. The highest BCUT2D eigenvalue weighted by Gasteiger charge is 1.93. The van der Waals surface area contributed by atoms with Crippen molar-refractivity contribution in [2.24, 2.45) is 0 Å². The van der Waals surface area contributed by atoms with E-state index >= 15 is 0 Å². The van der Waals surface area contributed by atoms with Crippen LogP contribution in [0.5, 0.6) is 0 Å². The average Bonchev–Trinajstić information content (AvgIpc) is 2.76. The zero-order valence-corrected chi connectivity index (χ0v) is 9.54. The van der Waals surface area contributed by atoms with E-state index < -0.39 is 0 Å². The van der Waals surface area contributed by atoms with Crippen LogP contribution >= 0.6 is 0 Å². The molecule has 2 heteroatoms. The molecule has 0 atom stereocenters. The van der Waals surface area contributed by atoms with Crippen LogP contribution in [0.2, 0.25) is 0 Å². The number of hydrogen-bond donors (Lipinski definition) is 1. The zero-order chi connectivity index (χ0) is 11.4. The Morgan fingerprint density at radius 2 is 1.94 bits per heavy atom. The standard InChI is InChI=1S/C14H14N2/c1-3-14-15-10-13(16-14)9-8-12-6-4-11(2)5-7-12/h4-7,10H,3H2,1-2H3,(H,15,16). The van der Waals surface area contributed by atoms with E-state index in [1.807, 2.05) is 12.1 Å². The molecular formula is C14H14N2. The molecule has 0 amide bonds. The Labute approximate surface area is 95.7 Å². The van der Waals surface area contributed by atoms with Crippen LogP contribution in [0.25, 0.3) is 0 Å². The predicted octanol–water partition coefficient (Wildman–Crippen LogP) is 2.68. The van der Waals surface area contributed by atoms with Crippen molar-refractivity contribution in [3.63, 3.8) is 0 Å². The molecule has 0 spiro atoms. The lowest BCUT2D eigenvalue weighted by Gasteiger charge is -1.91. The van der Waals surface area contributed by atoms with Crippen molar-refractivity contribution in [1.82, 2.24) is 9.97 Å². The number of nitrogens with one attached hydrogen (secondary N) is 1. The van der Waals surface area contributed by atoms with Crippen LogP contribution in [-0.2, 0) is 6.42 Å². The molecule has 0 fully saturated rings. The number of benzene rings is 1. The molecule has 0 unspecified atom stereocenters. The van der Waals surface area contributed by atoms with Crippen molar-refractivity contribution < 1.29 is 0 Å². The van der Waals surface area contributed by atoms with E-state index in [0.717, 1.165) is 23.5 Å². The maximum atomic E-state index is 4.20. The van der Waals surface area contributed by atoms with Gasteiger partial charge in [-0.1, -0.05) is 30.5 Å². The Bertz CT molecular complexity index is 524. The molecule has 1 heterocycles. The van der Waals surface area contributed by atoms with Crippen LogP contribution in [0.15, 0.2) is 30.5 Å². The molecule has 2 aromatic rings. The van der Waals surface area contributed by atoms with Crippen molar-refractivity contribution in [3.8, 4) is 11.8 Å². The summed E-state index contributed by atoms with van der Waals surface area (Å²) in [6.07, 6.45) is 2.69. The van der Waals surface area contributed by atoms with Crippen molar-refractivity contribution in [2.75, 3.05) is 0 Å². The monoisotopic (exact) mass is 210 g/mol. The minimum Gasteiger partial charge on any atom is -0.336 e. The van der Waals surface area contributed by atoms with Gasteiger partial charge in [0, 0.05) is 12.0 Å². The first-order valence-corrected chi connectivity index (χ1v) is 5.40. The second-order valence-electron chi connectivity index (χ2n) is 3.71. The highest BCUT2D eigenvalue weighted by molar-refractivity contribution is 5.40. The van der Waals surface area contributed by atoms with E-state index in [1.165, 1.54) is 5.56 Å². The number of imidazole rings is 1. The molecule has 0 saturated heterocycles. The molecule has 80 valence electrons. The maximum Gasteiger partial charge on any atom is 0.110 e. The number of hydrogen-bond acceptors (Lipinski definition) is 1. The van der Waals surface area contributed by atoms with E-state index in [9.17, 15) is 0 Å². The van der Waals surface area contributed by atoms with Crippen LogP contribution in [0.3, 0.4) is 0 Å². The van der Waals surface area contributed by atoms with Crippen molar-refractivity contribution in [2.45, 2.75) is 20.3 Å². The quantitative estimate of drug-likeness (QED) is 0.720. The number of aromatic nitrogens is 2. The Morgan fingerprint density at radius 3 is 2.56 bits per heavy atom. The zero-order valence-electron chi connectivity index (χ0n) is 9.54. The van der Waals surface area contributed by atoms with Gasteiger partial charge < -0.3 is 4.98 Å². The molecule has 1 aromatic carbocycles. The van der Waals surface area contributed by atoms with Gasteiger partial charge in [-0.05, 0) is 25.0 Å². The first kappa shape index (κ1) is 10.5. The highest BCUT2D eigenvalue weighted by Crippen LogP contribution is 2.02. The number of aromatic amines is 1. The Morgan fingerprint density at radius 1 is 1.19 bits per heavy atom. The molecule has 0 aliphatic carbocycles. The van der Waals surface area contributed by atoms with Crippen LogP contribution in [0.4, 0.5) is 0 Å². The predicted molar refractivity (Wildman–Crippen MR) is 65.1 cm³/mol. The van der Waals surface area contributed by atoms with Crippen LogP contribution in [-0.4, -0.2) is 9.97 Å². The van der Waals surface area contributed by atoms with Gasteiger partial charge in [0.2, 0.25) is 0 Å². The molecule has 0 aliphatic heterocycles. The molecular weight excluding hydrogens is 196 g/mol. The van der Waals surface area contributed by atoms with Crippen LogP contribution in [0.1, 0.15) is 29.6 Å². The molecule has 1 N–H and O–H groups in total. The first-order valence-electron chi connectivity index (χ1n) is 5.40. The lowest BCUT2D eigenvalue weighted by atomic mass is 10.1. The van der Waals surface area contributed by atoms with Crippen molar-refractivity contribution in [1.29, 1.82) is 0 Å². The molecule has 0 radical (unpaired) electrons. The Balaban J connectivity index is 2.18. The third-order valence-corrected chi connectivity index (χ3v) is 2.36. The van der Waals surface area contributed by atoms with Gasteiger partial charge >= 0.3 is 0 Å². The van der Waals surface area contributed by atoms with Gasteiger partial charge in [-0.2, -0.15) is 0 Å². The largest absolute Gasteiger partial charge is 0.336 e. The molecule has 0 bridgehead atoms. The van der Waals surface area contributed by atoms with Gasteiger partial charge in [-0.3, -0.25) is 0 Å². The van der Waals surface area contributed by atoms with Crippen molar-refractivity contribution in [3.05, 3.63) is 53.1 Å². The molecule has 2 nitrogen and oxygen atoms in total. The summed E-state index contributed by atoms with van der Waals surface area (Å²) in [7, 11) is 0. The van der Waals surface area contributed by atoms with Crippen LogP contribution in [0, 0.1) is 18.8 Å².